The average Bonchev–Trinajstić information content (AvgIpc) is 2.56. The molecule has 2 aromatic carbocycles. The lowest BCUT2D eigenvalue weighted by Crippen LogP contribution is -2.12. The zero-order valence-corrected chi connectivity index (χ0v) is 14.4. The van der Waals surface area contributed by atoms with Crippen molar-refractivity contribution < 1.29 is 19.4 Å². The number of aromatic hydroxyl groups is 1. The van der Waals surface area contributed by atoms with Crippen molar-refractivity contribution in [1.82, 2.24) is 0 Å². The molecule has 1 amide bonds. The largest absolute Gasteiger partial charge is 0.505 e. The van der Waals surface area contributed by atoms with Crippen molar-refractivity contribution >= 4 is 46.4 Å². The number of phenolic OH excluding ortho intramolecular Hbond substituents is 1. The van der Waals surface area contributed by atoms with Crippen LogP contribution >= 0.6 is 34.8 Å². The second kappa shape index (κ2) is 7.17. The summed E-state index contributed by atoms with van der Waals surface area (Å²) in [7, 11) is 2.97. The fraction of sp³-hybridized carbons (Fsp3) is 0.133. The van der Waals surface area contributed by atoms with Crippen molar-refractivity contribution in [1.29, 1.82) is 0 Å². The Balaban J connectivity index is 2.33. The zero-order valence-electron chi connectivity index (χ0n) is 12.1. The molecule has 0 unspecified atom stereocenters. The molecule has 0 aliphatic rings. The third-order valence-corrected chi connectivity index (χ3v) is 4.17. The van der Waals surface area contributed by atoms with Crippen LogP contribution in [0.5, 0.6) is 17.2 Å². The quantitative estimate of drug-likeness (QED) is 0.603. The van der Waals surface area contributed by atoms with Crippen molar-refractivity contribution in [3.63, 3.8) is 0 Å². The second-order valence-electron chi connectivity index (χ2n) is 4.41. The predicted octanol–water partition coefficient (Wildman–Crippen LogP) is 4.62. The topological polar surface area (TPSA) is 67.8 Å². The molecule has 2 N–H and O–H groups in total. The number of ether oxygens (including phenoxy) is 2. The van der Waals surface area contributed by atoms with Crippen LogP contribution in [0.4, 0.5) is 5.69 Å². The van der Waals surface area contributed by atoms with Crippen LogP contribution in [-0.2, 0) is 0 Å². The summed E-state index contributed by atoms with van der Waals surface area (Å²) >= 11 is 17.7. The molecular weight excluding hydrogens is 365 g/mol. The van der Waals surface area contributed by atoms with E-state index in [9.17, 15) is 9.90 Å². The van der Waals surface area contributed by atoms with Gasteiger partial charge in [0.2, 0.25) is 0 Å². The molecule has 0 atom stereocenters. The van der Waals surface area contributed by atoms with Crippen molar-refractivity contribution in [2.24, 2.45) is 0 Å². The van der Waals surface area contributed by atoms with Gasteiger partial charge < -0.3 is 19.9 Å². The number of nitrogens with one attached hydrogen (secondary N) is 1. The summed E-state index contributed by atoms with van der Waals surface area (Å²) < 4.78 is 10.3. The number of rotatable bonds is 4. The number of carbonyl (C=O) groups is 1. The number of phenols is 1. The predicted molar refractivity (Wildman–Crippen MR) is 90.6 cm³/mol. The fourth-order valence-corrected chi connectivity index (χ4v) is 2.50. The Kier molecular flexibility index (Phi) is 5.46. The summed E-state index contributed by atoms with van der Waals surface area (Å²) in [4.78, 5) is 12.3. The Hall–Kier alpha value is -1.82. The normalized spacial score (nSPS) is 10.3. The first-order chi connectivity index (χ1) is 10.9. The van der Waals surface area contributed by atoms with Gasteiger partial charge in [-0.25, -0.2) is 0 Å². The third kappa shape index (κ3) is 3.58. The Morgan fingerprint density at radius 2 is 1.70 bits per heavy atom. The number of hydrogen-bond acceptors (Lipinski definition) is 4. The lowest BCUT2D eigenvalue weighted by molar-refractivity contribution is 0.102. The lowest BCUT2D eigenvalue weighted by Gasteiger charge is -2.12. The summed E-state index contributed by atoms with van der Waals surface area (Å²) in [5, 5.41) is 12.0. The van der Waals surface area contributed by atoms with E-state index in [-0.39, 0.29) is 26.5 Å². The van der Waals surface area contributed by atoms with E-state index in [0.29, 0.717) is 17.1 Å². The molecule has 0 heterocycles. The number of anilines is 1. The fourth-order valence-electron chi connectivity index (χ4n) is 1.85. The highest BCUT2D eigenvalue weighted by Gasteiger charge is 2.17. The monoisotopic (exact) mass is 375 g/mol. The van der Waals surface area contributed by atoms with E-state index in [1.165, 1.54) is 26.4 Å². The average molecular weight is 377 g/mol. The minimum absolute atomic E-state index is 0.0117. The molecule has 8 heteroatoms. The van der Waals surface area contributed by atoms with E-state index in [0.717, 1.165) is 0 Å². The molecule has 2 rings (SSSR count). The molecule has 0 radical (unpaired) electrons. The van der Waals surface area contributed by atoms with Crippen molar-refractivity contribution in [3.8, 4) is 17.2 Å². The second-order valence-corrected chi connectivity index (χ2v) is 5.57. The van der Waals surface area contributed by atoms with E-state index in [2.05, 4.69) is 5.32 Å². The maximum atomic E-state index is 12.3. The highest BCUT2D eigenvalue weighted by atomic mass is 35.5. The smallest absolute Gasteiger partial charge is 0.255 e. The first-order valence-electron chi connectivity index (χ1n) is 6.28. The Morgan fingerprint density at radius 3 is 2.30 bits per heavy atom. The summed E-state index contributed by atoms with van der Waals surface area (Å²) in [5.74, 6) is 0.110. The first-order valence-corrected chi connectivity index (χ1v) is 7.42. The molecule has 23 heavy (non-hydrogen) atoms. The van der Waals surface area contributed by atoms with Crippen molar-refractivity contribution in [2.45, 2.75) is 0 Å². The number of amides is 1. The van der Waals surface area contributed by atoms with Crippen LogP contribution in [0, 0.1) is 0 Å². The van der Waals surface area contributed by atoms with Gasteiger partial charge in [-0.3, -0.25) is 4.79 Å². The molecule has 2 aromatic rings. The van der Waals surface area contributed by atoms with E-state index in [1.807, 2.05) is 0 Å². The number of carbonyl (C=O) groups excluding carboxylic acids is 1. The molecule has 0 aliphatic carbocycles. The molecule has 0 fully saturated rings. The van der Waals surface area contributed by atoms with Gasteiger partial charge in [-0.1, -0.05) is 34.8 Å². The van der Waals surface area contributed by atoms with Crippen LogP contribution in [0.2, 0.25) is 15.1 Å². The maximum Gasteiger partial charge on any atom is 0.255 e. The highest BCUT2D eigenvalue weighted by molar-refractivity contribution is 6.46. The minimum atomic E-state index is -0.453. The van der Waals surface area contributed by atoms with Gasteiger partial charge in [-0.2, -0.15) is 0 Å². The van der Waals surface area contributed by atoms with Gasteiger partial charge >= 0.3 is 0 Å². The van der Waals surface area contributed by atoms with Gasteiger partial charge in [0.25, 0.3) is 5.91 Å². The van der Waals surface area contributed by atoms with Gasteiger partial charge in [-0.15, -0.1) is 0 Å². The van der Waals surface area contributed by atoms with Gasteiger partial charge in [0, 0.05) is 5.56 Å². The van der Waals surface area contributed by atoms with Crippen LogP contribution in [0.25, 0.3) is 0 Å². The highest BCUT2D eigenvalue weighted by Crippen LogP contribution is 2.42. The minimum Gasteiger partial charge on any atom is -0.505 e. The molecule has 0 saturated carbocycles. The number of methoxy groups -OCH3 is 2. The summed E-state index contributed by atoms with van der Waals surface area (Å²) in [6.45, 7) is 0. The van der Waals surface area contributed by atoms with E-state index >= 15 is 0 Å². The van der Waals surface area contributed by atoms with Gasteiger partial charge in [0.15, 0.2) is 17.2 Å². The maximum absolute atomic E-state index is 12.3. The van der Waals surface area contributed by atoms with E-state index in [4.69, 9.17) is 44.3 Å². The molecule has 0 bridgehead atoms. The zero-order chi connectivity index (χ0) is 17.1. The molecular formula is C15H12Cl3NO4. The molecule has 0 spiro atoms. The number of hydrogen-bond donors (Lipinski definition) is 2. The van der Waals surface area contributed by atoms with Gasteiger partial charge in [-0.05, 0) is 24.3 Å². The van der Waals surface area contributed by atoms with Crippen molar-refractivity contribution in [3.05, 3.63) is 44.9 Å². The molecule has 5 nitrogen and oxygen atoms in total. The van der Waals surface area contributed by atoms with Crippen molar-refractivity contribution in [2.75, 3.05) is 19.5 Å². The molecule has 0 saturated heterocycles. The van der Waals surface area contributed by atoms with Crippen LogP contribution in [0.3, 0.4) is 0 Å². The van der Waals surface area contributed by atoms with E-state index in [1.54, 1.807) is 12.1 Å². The van der Waals surface area contributed by atoms with Crippen LogP contribution in [0.15, 0.2) is 24.3 Å². The summed E-state index contributed by atoms with van der Waals surface area (Å²) in [5.41, 5.74) is 0.498. The molecule has 0 aliphatic heterocycles. The van der Waals surface area contributed by atoms with Gasteiger partial charge in [0.1, 0.15) is 5.02 Å². The lowest BCUT2D eigenvalue weighted by atomic mass is 10.1. The molecule has 122 valence electrons. The van der Waals surface area contributed by atoms with Crippen LogP contribution in [-0.4, -0.2) is 25.2 Å². The first kappa shape index (κ1) is 17.5. The Labute approximate surface area is 147 Å². The van der Waals surface area contributed by atoms with E-state index < -0.39 is 5.91 Å². The number of halogens is 3. The summed E-state index contributed by atoms with van der Waals surface area (Å²) in [6.07, 6.45) is 0. The third-order valence-electron chi connectivity index (χ3n) is 3.03. The van der Waals surface area contributed by atoms with Gasteiger partial charge in [0.05, 0.1) is 30.0 Å². The Morgan fingerprint density at radius 1 is 1.04 bits per heavy atom. The number of benzene rings is 2. The van der Waals surface area contributed by atoms with Crippen LogP contribution in [0.1, 0.15) is 10.4 Å². The SMILES string of the molecule is COc1ccc(C(=O)Nc2cc(Cl)c(O)c(Cl)c2Cl)cc1OC. The molecule has 0 aromatic heterocycles. The van der Waals surface area contributed by atoms with Crippen LogP contribution < -0.4 is 14.8 Å². The standard InChI is InChI=1S/C15H12Cl3NO4/c1-22-10-4-3-7(5-11(10)23-2)15(21)19-9-6-8(16)14(20)13(18)12(9)17/h3-6,20H,1-2H3,(H,19,21). The summed E-state index contributed by atoms with van der Waals surface area (Å²) in [6, 6.07) is 6.00. The Bertz CT molecular complexity index is 765.